The zero-order chi connectivity index (χ0) is 15.3. The van der Waals surface area contributed by atoms with Gasteiger partial charge in [-0.15, -0.1) is 0 Å². The zero-order valence-corrected chi connectivity index (χ0v) is 13.1. The Morgan fingerprint density at radius 2 is 2.15 bits per heavy atom. The second-order valence-electron chi connectivity index (χ2n) is 5.62. The number of likely N-dealkylation sites (N-methyl/N-ethyl adjacent to an activating group) is 1. The maximum absolute atomic E-state index is 12.0. The molecular weight excluding hydrogens is 256 g/mol. The molecule has 1 heterocycles. The van der Waals surface area contributed by atoms with Gasteiger partial charge < -0.3 is 15.3 Å². The molecule has 114 valence electrons. The summed E-state index contributed by atoms with van der Waals surface area (Å²) in [7, 11) is 1.66. The quantitative estimate of drug-likeness (QED) is 0.839. The van der Waals surface area contributed by atoms with Gasteiger partial charge in [-0.1, -0.05) is 13.8 Å². The predicted octanol–water partition coefficient (Wildman–Crippen LogP) is 2.08. The maximum Gasteiger partial charge on any atom is 0.322 e. The van der Waals surface area contributed by atoms with Gasteiger partial charge in [0.15, 0.2) is 0 Å². The van der Waals surface area contributed by atoms with Crippen LogP contribution >= 0.6 is 0 Å². The molecule has 0 aromatic carbocycles. The van der Waals surface area contributed by atoms with E-state index >= 15 is 0 Å². The van der Waals surface area contributed by atoms with E-state index in [1.54, 1.807) is 20.2 Å². The molecule has 1 aromatic rings. The number of anilines is 1. The largest absolute Gasteiger partial charge is 0.394 e. The Balaban J connectivity index is 2.67. The Morgan fingerprint density at radius 1 is 1.50 bits per heavy atom. The van der Waals surface area contributed by atoms with Gasteiger partial charge in [0.05, 0.1) is 30.2 Å². The molecule has 2 N–H and O–H groups in total. The Hall–Kier alpha value is -1.56. The van der Waals surface area contributed by atoms with Gasteiger partial charge in [-0.05, 0) is 26.2 Å². The van der Waals surface area contributed by atoms with E-state index in [1.165, 1.54) is 4.90 Å². The first-order valence-electron chi connectivity index (χ1n) is 7.03. The minimum atomic E-state index is -0.238. The number of aromatic nitrogens is 2. The van der Waals surface area contributed by atoms with Crippen LogP contribution in [0, 0.1) is 12.8 Å². The number of amides is 2. The van der Waals surface area contributed by atoms with Crippen molar-refractivity contribution in [1.82, 2.24) is 14.7 Å². The molecule has 0 spiro atoms. The summed E-state index contributed by atoms with van der Waals surface area (Å²) in [5, 5.41) is 16.2. The van der Waals surface area contributed by atoms with E-state index in [0.717, 1.165) is 24.3 Å². The van der Waals surface area contributed by atoms with Gasteiger partial charge in [0.2, 0.25) is 0 Å². The molecule has 0 aliphatic rings. The number of urea groups is 1. The van der Waals surface area contributed by atoms with E-state index in [4.69, 9.17) is 5.11 Å². The molecule has 20 heavy (non-hydrogen) atoms. The van der Waals surface area contributed by atoms with E-state index in [-0.39, 0.29) is 18.7 Å². The van der Waals surface area contributed by atoms with Crippen LogP contribution in [0.3, 0.4) is 0 Å². The van der Waals surface area contributed by atoms with E-state index in [1.807, 2.05) is 11.6 Å². The van der Waals surface area contributed by atoms with Crippen molar-refractivity contribution < 1.29 is 9.90 Å². The second kappa shape index (κ2) is 7.28. The summed E-state index contributed by atoms with van der Waals surface area (Å²) >= 11 is 0. The van der Waals surface area contributed by atoms with Crippen molar-refractivity contribution >= 4 is 11.7 Å². The molecule has 0 bridgehead atoms. The van der Waals surface area contributed by atoms with E-state index in [2.05, 4.69) is 24.3 Å². The van der Waals surface area contributed by atoms with Crippen molar-refractivity contribution in [1.29, 1.82) is 0 Å². The maximum atomic E-state index is 12.0. The van der Waals surface area contributed by atoms with Crippen LogP contribution in [0.2, 0.25) is 0 Å². The lowest BCUT2D eigenvalue weighted by molar-refractivity contribution is 0.166. The molecule has 1 aromatic heterocycles. The lowest BCUT2D eigenvalue weighted by Crippen LogP contribution is -2.40. The third kappa shape index (κ3) is 4.23. The Morgan fingerprint density at radius 3 is 2.70 bits per heavy atom. The van der Waals surface area contributed by atoms with Gasteiger partial charge in [0.1, 0.15) is 0 Å². The summed E-state index contributed by atoms with van der Waals surface area (Å²) in [5.41, 5.74) is 1.67. The number of carbonyl (C=O) groups excluding carboxylic acids is 1. The van der Waals surface area contributed by atoms with Gasteiger partial charge >= 0.3 is 6.03 Å². The van der Waals surface area contributed by atoms with Crippen molar-refractivity contribution in [2.45, 2.75) is 46.7 Å². The second-order valence-corrected chi connectivity index (χ2v) is 5.62. The number of nitrogens with one attached hydrogen (secondary N) is 1. The first-order chi connectivity index (χ1) is 9.36. The van der Waals surface area contributed by atoms with E-state index in [0.29, 0.717) is 5.92 Å². The first kappa shape index (κ1) is 16.5. The molecule has 0 radical (unpaired) electrons. The number of hydrogen-bond donors (Lipinski definition) is 2. The van der Waals surface area contributed by atoms with Gasteiger partial charge in [0.25, 0.3) is 0 Å². The fourth-order valence-electron chi connectivity index (χ4n) is 1.70. The molecule has 1 rings (SSSR count). The molecular formula is C14H26N4O2. The summed E-state index contributed by atoms with van der Waals surface area (Å²) in [6.07, 6.45) is 2.72. The standard InChI is InChI=1S/C14H26N4O2/c1-10(2)6-7-18-12(4)13(8-15-18)16-14(20)17(5)11(3)9-19/h8,10-11,19H,6-7,9H2,1-5H3,(H,16,20). The van der Waals surface area contributed by atoms with Gasteiger partial charge in [-0.2, -0.15) is 5.10 Å². The Labute approximate surface area is 120 Å². The summed E-state index contributed by atoms with van der Waals surface area (Å²) < 4.78 is 1.91. The molecule has 1 atom stereocenters. The predicted molar refractivity (Wildman–Crippen MR) is 79.7 cm³/mol. The fourth-order valence-corrected chi connectivity index (χ4v) is 1.70. The highest BCUT2D eigenvalue weighted by Gasteiger charge is 2.17. The lowest BCUT2D eigenvalue weighted by Gasteiger charge is -2.23. The molecule has 6 nitrogen and oxygen atoms in total. The van der Waals surface area contributed by atoms with Crippen molar-refractivity contribution in [3.8, 4) is 0 Å². The van der Waals surface area contributed by atoms with Crippen LogP contribution in [0.4, 0.5) is 10.5 Å². The van der Waals surface area contributed by atoms with Crippen LogP contribution in [0.25, 0.3) is 0 Å². The normalized spacial score (nSPS) is 12.6. The monoisotopic (exact) mass is 282 g/mol. The molecule has 0 aliphatic heterocycles. The number of hydrogen-bond acceptors (Lipinski definition) is 3. The van der Waals surface area contributed by atoms with Gasteiger partial charge in [-0.25, -0.2) is 4.79 Å². The summed E-state index contributed by atoms with van der Waals surface area (Å²) in [4.78, 5) is 13.5. The number of aryl methyl sites for hydroxylation is 1. The smallest absolute Gasteiger partial charge is 0.322 e. The van der Waals surface area contributed by atoms with E-state index < -0.39 is 0 Å². The van der Waals surface area contributed by atoms with Crippen LogP contribution in [0.15, 0.2) is 6.20 Å². The van der Waals surface area contributed by atoms with Crippen molar-refractivity contribution in [2.75, 3.05) is 19.0 Å². The van der Waals surface area contributed by atoms with Crippen LogP contribution in [-0.2, 0) is 6.54 Å². The van der Waals surface area contributed by atoms with E-state index in [9.17, 15) is 4.79 Å². The van der Waals surface area contributed by atoms with Gasteiger partial charge in [-0.3, -0.25) is 4.68 Å². The van der Waals surface area contributed by atoms with Crippen LogP contribution in [0.1, 0.15) is 32.9 Å². The minimum absolute atomic E-state index is 0.0590. The number of nitrogens with zero attached hydrogens (tertiary/aromatic N) is 3. The molecule has 1 unspecified atom stereocenters. The molecule has 0 saturated carbocycles. The fraction of sp³-hybridized carbons (Fsp3) is 0.714. The summed E-state index contributed by atoms with van der Waals surface area (Å²) in [5.74, 6) is 0.619. The van der Waals surface area contributed by atoms with Crippen molar-refractivity contribution in [3.63, 3.8) is 0 Å². The van der Waals surface area contributed by atoms with Crippen molar-refractivity contribution in [2.24, 2.45) is 5.92 Å². The highest BCUT2D eigenvalue weighted by Crippen LogP contribution is 2.16. The summed E-state index contributed by atoms with van der Waals surface area (Å²) in [6, 6.07) is -0.454. The number of carbonyl (C=O) groups is 1. The summed E-state index contributed by atoms with van der Waals surface area (Å²) in [6.45, 7) is 8.87. The highest BCUT2D eigenvalue weighted by atomic mass is 16.3. The molecule has 0 fully saturated rings. The number of aliphatic hydroxyl groups is 1. The Kier molecular flexibility index (Phi) is 6.01. The number of aliphatic hydroxyl groups excluding tert-OH is 1. The third-order valence-corrected chi connectivity index (χ3v) is 3.51. The Bertz CT molecular complexity index is 442. The molecule has 2 amide bonds. The van der Waals surface area contributed by atoms with Crippen molar-refractivity contribution in [3.05, 3.63) is 11.9 Å². The SMILES string of the molecule is Cc1c(NC(=O)N(C)C(C)CO)cnn1CCC(C)C. The molecule has 0 saturated heterocycles. The first-order valence-corrected chi connectivity index (χ1v) is 7.03. The van der Waals surface area contributed by atoms with Crippen LogP contribution < -0.4 is 5.32 Å². The lowest BCUT2D eigenvalue weighted by atomic mass is 10.1. The molecule has 6 heteroatoms. The third-order valence-electron chi connectivity index (χ3n) is 3.51. The topological polar surface area (TPSA) is 70.4 Å². The van der Waals surface area contributed by atoms with Crippen LogP contribution in [-0.4, -0.2) is 45.5 Å². The average molecular weight is 282 g/mol. The molecule has 0 aliphatic carbocycles. The van der Waals surface area contributed by atoms with Gasteiger partial charge in [0, 0.05) is 13.6 Å². The highest BCUT2D eigenvalue weighted by molar-refractivity contribution is 5.89. The number of rotatable bonds is 6. The zero-order valence-electron chi connectivity index (χ0n) is 13.1. The van der Waals surface area contributed by atoms with Crippen LogP contribution in [0.5, 0.6) is 0 Å². The average Bonchev–Trinajstić information content (AvgIpc) is 2.75. The minimum Gasteiger partial charge on any atom is -0.394 e.